The van der Waals surface area contributed by atoms with Gasteiger partial charge in [0.25, 0.3) is 5.56 Å². The number of nitrogens with one attached hydrogen (secondary N) is 1. The van der Waals surface area contributed by atoms with Crippen molar-refractivity contribution in [1.29, 1.82) is 0 Å². The maximum Gasteiger partial charge on any atom is 0.329 e. The van der Waals surface area contributed by atoms with Crippen molar-refractivity contribution < 1.29 is 9.53 Å². The molecule has 0 fully saturated rings. The molecule has 0 spiro atoms. The number of ether oxygens (including phenoxy) is 1. The van der Waals surface area contributed by atoms with Crippen LogP contribution in [-0.2, 0) is 22.6 Å². The summed E-state index contributed by atoms with van der Waals surface area (Å²) in [5, 5.41) is 3.46. The summed E-state index contributed by atoms with van der Waals surface area (Å²) >= 11 is 6.40. The molecule has 1 aromatic heterocycles. The van der Waals surface area contributed by atoms with Gasteiger partial charge in [-0.3, -0.25) is 9.36 Å². The predicted octanol–water partition coefficient (Wildman–Crippen LogP) is 4.69. The van der Waals surface area contributed by atoms with Crippen molar-refractivity contribution in [2.24, 2.45) is 0 Å². The van der Waals surface area contributed by atoms with Gasteiger partial charge in [0.15, 0.2) is 11.0 Å². The highest BCUT2D eigenvalue weighted by Crippen LogP contribution is 2.31. The number of fused-ring (bicyclic) bond motifs is 1. The molecule has 0 bridgehead atoms. The fourth-order valence-electron chi connectivity index (χ4n) is 3.92. The van der Waals surface area contributed by atoms with E-state index in [4.69, 9.17) is 16.3 Å². The second-order valence-electron chi connectivity index (χ2n) is 7.54. The largest absolute Gasteiger partial charge is 0.459 e. The Morgan fingerprint density at radius 2 is 1.87 bits per heavy atom. The van der Waals surface area contributed by atoms with Crippen molar-refractivity contribution in [3.63, 3.8) is 0 Å². The van der Waals surface area contributed by atoms with Gasteiger partial charge >= 0.3 is 5.97 Å². The lowest BCUT2D eigenvalue weighted by Crippen LogP contribution is -2.32. The SMILES string of the molecule is CC[C@@H](Nc1nc(Cl)c2n(c1=O)[C@H](C(=O)OCc1ccccc1)CC2)c1ccccc1. The first-order valence-electron chi connectivity index (χ1n) is 10.4. The number of aromatic nitrogens is 2. The minimum absolute atomic E-state index is 0.0963. The molecule has 0 aliphatic carbocycles. The molecule has 4 rings (SSSR count). The summed E-state index contributed by atoms with van der Waals surface area (Å²) in [5.74, 6) is -0.291. The number of hydrogen-bond acceptors (Lipinski definition) is 5. The number of anilines is 1. The molecule has 1 aliphatic heterocycles. The van der Waals surface area contributed by atoms with Crippen molar-refractivity contribution in [1.82, 2.24) is 9.55 Å². The van der Waals surface area contributed by atoms with Gasteiger partial charge in [-0.25, -0.2) is 9.78 Å². The van der Waals surface area contributed by atoms with Crippen LogP contribution in [-0.4, -0.2) is 15.5 Å². The fourth-order valence-corrected chi connectivity index (χ4v) is 4.19. The number of rotatable bonds is 7. The van der Waals surface area contributed by atoms with Gasteiger partial charge in [0, 0.05) is 0 Å². The predicted molar refractivity (Wildman–Crippen MR) is 120 cm³/mol. The van der Waals surface area contributed by atoms with E-state index in [0.717, 1.165) is 17.5 Å². The van der Waals surface area contributed by atoms with Crippen molar-refractivity contribution >= 4 is 23.4 Å². The molecule has 0 saturated heterocycles. The summed E-state index contributed by atoms with van der Waals surface area (Å²) in [7, 11) is 0. The van der Waals surface area contributed by atoms with Crippen LogP contribution in [0.4, 0.5) is 5.82 Å². The molecule has 31 heavy (non-hydrogen) atoms. The maximum absolute atomic E-state index is 13.3. The molecule has 2 atom stereocenters. The summed E-state index contributed by atoms with van der Waals surface area (Å²) in [6.07, 6.45) is 1.72. The van der Waals surface area contributed by atoms with Crippen LogP contribution in [0.2, 0.25) is 5.15 Å². The van der Waals surface area contributed by atoms with Crippen LogP contribution in [0.1, 0.15) is 48.7 Å². The zero-order chi connectivity index (χ0) is 21.8. The number of halogens is 1. The Hall–Kier alpha value is -3.12. The second kappa shape index (κ2) is 9.35. The Bertz CT molecular complexity index is 1120. The first kappa shape index (κ1) is 21.1. The monoisotopic (exact) mass is 437 g/mol. The molecular weight excluding hydrogens is 414 g/mol. The molecule has 2 heterocycles. The molecule has 0 saturated carbocycles. The van der Waals surface area contributed by atoms with Crippen molar-refractivity contribution in [2.75, 3.05) is 5.32 Å². The smallest absolute Gasteiger partial charge is 0.329 e. The molecule has 0 unspecified atom stereocenters. The van der Waals surface area contributed by atoms with Crippen molar-refractivity contribution in [3.8, 4) is 0 Å². The molecule has 1 aliphatic rings. The Kier molecular flexibility index (Phi) is 6.37. The molecule has 0 radical (unpaired) electrons. The van der Waals surface area contributed by atoms with Crippen LogP contribution in [0.15, 0.2) is 65.5 Å². The number of carbonyl (C=O) groups excluding carboxylic acids is 1. The molecule has 160 valence electrons. The summed E-state index contributed by atoms with van der Waals surface area (Å²) in [6, 6.07) is 18.5. The third kappa shape index (κ3) is 4.49. The molecular formula is C24H24ClN3O3. The third-order valence-corrected chi connectivity index (χ3v) is 5.85. The lowest BCUT2D eigenvalue weighted by molar-refractivity contribution is -0.148. The maximum atomic E-state index is 13.3. The first-order chi connectivity index (χ1) is 15.1. The zero-order valence-corrected chi connectivity index (χ0v) is 18.0. The number of benzene rings is 2. The Balaban J connectivity index is 1.58. The summed E-state index contributed by atoms with van der Waals surface area (Å²) < 4.78 is 6.94. The van der Waals surface area contributed by atoms with E-state index in [1.54, 1.807) is 0 Å². The lowest BCUT2D eigenvalue weighted by atomic mass is 10.0. The highest BCUT2D eigenvalue weighted by molar-refractivity contribution is 6.30. The Labute approximate surface area is 185 Å². The lowest BCUT2D eigenvalue weighted by Gasteiger charge is -2.20. The van der Waals surface area contributed by atoms with Gasteiger partial charge in [-0.05, 0) is 30.4 Å². The zero-order valence-electron chi connectivity index (χ0n) is 17.3. The van der Waals surface area contributed by atoms with Crippen LogP contribution in [0.25, 0.3) is 0 Å². The van der Waals surface area contributed by atoms with E-state index in [9.17, 15) is 9.59 Å². The molecule has 3 aromatic rings. The average molecular weight is 438 g/mol. The van der Waals surface area contributed by atoms with Gasteiger partial charge in [-0.15, -0.1) is 0 Å². The van der Waals surface area contributed by atoms with Crippen molar-refractivity contribution in [2.45, 2.75) is 44.9 Å². The Morgan fingerprint density at radius 3 is 2.55 bits per heavy atom. The number of hydrogen-bond donors (Lipinski definition) is 1. The molecule has 6 nitrogen and oxygen atoms in total. The standard InChI is InChI=1S/C24H24ClN3O3/c1-2-18(17-11-7-4-8-12-17)26-22-23(29)28-19(21(25)27-22)13-14-20(28)24(30)31-15-16-9-5-3-6-10-16/h3-12,18,20H,2,13-15H2,1H3,(H,26,27)/t18-,20+/m1/s1. The Morgan fingerprint density at radius 1 is 1.19 bits per heavy atom. The van der Waals surface area contributed by atoms with E-state index in [-0.39, 0.29) is 29.2 Å². The fraction of sp³-hybridized carbons (Fsp3) is 0.292. The quantitative estimate of drug-likeness (QED) is 0.543. The normalized spacial score (nSPS) is 15.9. The topological polar surface area (TPSA) is 73.2 Å². The summed E-state index contributed by atoms with van der Waals surface area (Å²) in [6.45, 7) is 2.19. The highest BCUT2D eigenvalue weighted by Gasteiger charge is 2.34. The molecule has 0 amide bonds. The van der Waals surface area contributed by atoms with Crippen LogP contribution >= 0.6 is 11.6 Å². The van der Waals surface area contributed by atoms with E-state index in [0.29, 0.717) is 18.5 Å². The average Bonchev–Trinajstić information content (AvgIpc) is 3.26. The van der Waals surface area contributed by atoms with E-state index in [2.05, 4.69) is 10.3 Å². The van der Waals surface area contributed by atoms with Crippen LogP contribution in [0.3, 0.4) is 0 Å². The first-order valence-corrected chi connectivity index (χ1v) is 10.8. The van der Waals surface area contributed by atoms with Crippen LogP contribution in [0.5, 0.6) is 0 Å². The van der Waals surface area contributed by atoms with Crippen LogP contribution in [0, 0.1) is 0 Å². The van der Waals surface area contributed by atoms with E-state index < -0.39 is 12.0 Å². The summed E-state index contributed by atoms with van der Waals surface area (Å²) in [5.41, 5.74) is 2.16. The van der Waals surface area contributed by atoms with Gasteiger partial charge in [0.1, 0.15) is 12.6 Å². The number of esters is 1. The highest BCUT2D eigenvalue weighted by atomic mass is 35.5. The van der Waals surface area contributed by atoms with E-state index >= 15 is 0 Å². The number of carbonyl (C=O) groups is 1. The van der Waals surface area contributed by atoms with Gasteiger partial charge in [-0.2, -0.15) is 0 Å². The minimum Gasteiger partial charge on any atom is -0.459 e. The van der Waals surface area contributed by atoms with Crippen LogP contribution < -0.4 is 10.9 Å². The van der Waals surface area contributed by atoms with Gasteiger partial charge < -0.3 is 10.1 Å². The molecule has 1 N–H and O–H groups in total. The second-order valence-corrected chi connectivity index (χ2v) is 7.89. The van der Waals surface area contributed by atoms with E-state index in [1.807, 2.05) is 67.6 Å². The molecule has 2 aromatic carbocycles. The summed E-state index contributed by atoms with van der Waals surface area (Å²) in [4.78, 5) is 30.4. The van der Waals surface area contributed by atoms with Gasteiger partial charge in [0.05, 0.1) is 11.7 Å². The van der Waals surface area contributed by atoms with Gasteiger partial charge in [-0.1, -0.05) is 79.2 Å². The molecule has 7 heteroatoms. The van der Waals surface area contributed by atoms with E-state index in [1.165, 1.54) is 4.57 Å². The number of nitrogens with zero attached hydrogens (tertiary/aromatic N) is 2. The van der Waals surface area contributed by atoms with Crippen molar-refractivity contribution in [3.05, 3.63) is 93.0 Å². The third-order valence-electron chi connectivity index (χ3n) is 5.54. The minimum atomic E-state index is -0.705. The van der Waals surface area contributed by atoms with Gasteiger partial charge in [0.2, 0.25) is 0 Å².